The molecule has 1 aromatic rings. The van der Waals surface area contributed by atoms with Gasteiger partial charge >= 0.3 is 0 Å². The second kappa shape index (κ2) is 6.49. The van der Waals surface area contributed by atoms with Crippen LogP contribution in [0.3, 0.4) is 0 Å². The van der Waals surface area contributed by atoms with Gasteiger partial charge in [-0.25, -0.2) is 0 Å². The Morgan fingerprint density at radius 3 is 2.74 bits per heavy atom. The van der Waals surface area contributed by atoms with Crippen LogP contribution in [0.5, 0.6) is 0 Å². The Labute approximate surface area is 116 Å². The van der Waals surface area contributed by atoms with Crippen molar-refractivity contribution in [3.05, 3.63) is 38.9 Å². The number of methoxy groups -OCH3 is 1. The standard InChI is InChI=1S/C12H15ClN2O4/c1-8(7-19-3)14(2)12(16)9-4-5-10(13)11(6-9)15(17)18/h4-6,8H,7H2,1-3H3. The predicted octanol–water partition coefficient (Wildman–Crippen LogP) is 2.36. The summed E-state index contributed by atoms with van der Waals surface area (Å²) in [5, 5.41) is 10.8. The van der Waals surface area contributed by atoms with Gasteiger partial charge in [0.2, 0.25) is 0 Å². The highest BCUT2D eigenvalue weighted by atomic mass is 35.5. The molecule has 6 nitrogen and oxygen atoms in total. The minimum atomic E-state index is -0.613. The van der Waals surface area contributed by atoms with Crippen molar-refractivity contribution >= 4 is 23.2 Å². The van der Waals surface area contributed by atoms with E-state index in [1.807, 2.05) is 6.92 Å². The van der Waals surface area contributed by atoms with E-state index in [2.05, 4.69) is 0 Å². The van der Waals surface area contributed by atoms with Gasteiger partial charge in [-0.05, 0) is 19.1 Å². The summed E-state index contributed by atoms with van der Waals surface area (Å²) in [6.45, 7) is 2.21. The van der Waals surface area contributed by atoms with Gasteiger partial charge in [0.15, 0.2) is 0 Å². The third-order valence-electron chi connectivity index (χ3n) is 2.78. The first kappa shape index (κ1) is 15.4. The first-order valence-corrected chi connectivity index (χ1v) is 5.96. The molecule has 0 N–H and O–H groups in total. The van der Waals surface area contributed by atoms with Gasteiger partial charge in [-0.3, -0.25) is 14.9 Å². The van der Waals surface area contributed by atoms with Crippen LogP contribution in [-0.2, 0) is 4.74 Å². The van der Waals surface area contributed by atoms with Gasteiger partial charge in [-0.15, -0.1) is 0 Å². The Hall–Kier alpha value is -1.66. The summed E-state index contributed by atoms with van der Waals surface area (Å²) in [7, 11) is 3.16. The molecule has 0 saturated heterocycles. The molecular formula is C12H15ClN2O4. The van der Waals surface area contributed by atoms with Crippen LogP contribution < -0.4 is 0 Å². The maximum absolute atomic E-state index is 12.2. The lowest BCUT2D eigenvalue weighted by Crippen LogP contribution is -2.37. The smallest absolute Gasteiger partial charge is 0.288 e. The minimum absolute atomic E-state index is 0.00847. The first-order valence-electron chi connectivity index (χ1n) is 5.58. The summed E-state index contributed by atoms with van der Waals surface area (Å²) >= 11 is 5.70. The number of benzene rings is 1. The molecule has 1 amide bonds. The van der Waals surface area contributed by atoms with Crippen LogP contribution in [0, 0.1) is 10.1 Å². The monoisotopic (exact) mass is 286 g/mol. The van der Waals surface area contributed by atoms with Crippen LogP contribution in [0.15, 0.2) is 18.2 Å². The van der Waals surface area contributed by atoms with Crippen LogP contribution in [0.1, 0.15) is 17.3 Å². The summed E-state index contributed by atoms with van der Waals surface area (Å²) in [5.41, 5.74) is -0.0538. The number of amides is 1. The van der Waals surface area contributed by atoms with E-state index in [-0.39, 0.29) is 28.2 Å². The van der Waals surface area contributed by atoms with E-state index < -0.39 is 4.92 Å². The number of nitrogens with zero attached hydrogens (tertiary/aromatic N) is 2. The van der Waals surface area contributed by atoms with E-state index in [4.69, 9.17) is 16.3 Å². The number of carbonyl (C=O) groups excluding carboxylic acids is 1. The Bertz CT molecular complexity index is 493. The molecule has 7 heteroatoms. The predicted molar refractivity (Wildman–Crippen MR) is 71.5 cm³/mol. The fourth-order valence-electron chi connectivity index (χ4n) is 1.54. The van der Waals surface area contributed by atoms with Crippen LogP contribution in [-0.4, -0.2) is 42.5 Å². The highest BCUT2D eigenvalue weighted by Crippen LogP contribution is 2.25. The number of rotatable bonds is 5. The third kappa shape index (κ3) is 3.65. The molecule has 0 radical (unpaired) electrons. The number of halogens is 1. The van der Waals surface area contributed by atoms with Gasteiger partial charge in [0.25, 0.3) is 11.6 Å². The van der Waals surface area contributed by atoms with Gasteiger partial charge in [-0.2, -0.15) is 0 Å². The van der Waals surface area contributed by atoms with Crippen LogP contribution in [0.2, 0.25) is 5.02 Å². The van der Waals surface area contributed by atoms with Gasteiger partial charge in [0, 0.05) is 25.8 Å². The number of hydrogen-bond donors (Lipinski definition) is 0. The maximum Gasteiger partial charge on any atom is 0.288 e. The molecule has 0 saturated carbocycles. The van der Waals surface area contributed by atoms with E-state index in [9.17, 15) is 14.9 Å². The summed E-state index contributed by atoms with van der Waals surface area (Å²) in [6.07, 6.45) is 0. The lowest BCUT2D eigenvalue weighted by Gasteiger charge is -2.24. The van der Waals surface area contributed by atoms with Crippen molar-refractivity contribution < 1.29 is 14.5 Å². The highest BCUT2D eigenvalue weighted by Gasteiger charge is 2.21. The highest BCUT2D eigenvalue weighted by molar-refractivity contribution is 6.32. The number of likely N-dealkylation sites (N-methyl/N-ethyl adjacent to an activating group) is 1. The number of nitro benzene ring substituents is 1. The molecule has 1 rings (SSSR count). The van der Waals surface area contributed by atoms with Crippen molar-refractivity contribution in [1.82, 2.24) is 4.90 Å². The molecule has 0 aliphatic heterocycles. The van der Waals surface area contributed by atoms with Gasteiger partial charge < -0.3 is 9.64 Å². The van der Waals surface area contributed by atoms with Crippen LogP contribution in [0.25, 0.3) is 0 Å². The van der Waals surface area contributed by atoms with E-state index in [0.717, 1.165) is 0 Å². The zero-order valence-corrected chi connectivity index (χ0v) is 11.7. The number of carbonyl (C=O) groups is 1. The quantitative estimate of drug-likeness (QED) is 0.615. The first-order chi connectivity index (χ1) is 8.88. The molecule has 1 aromatic carbocycles. The Balaban J connectivity index is 3.00. The second-order valence-corrected chi connectivity index (χ2v) is 4.55. The molecule has 1 unspecified atom stereocenters. The van der Waals surface area contributed by atoms with Crippen molar-refractivity contribution in [2.75, 3.05) is 20.8 Å². The lowest BCUT2D eigenvalue weighted by atomic mass is 10.1. The fourth-order valence-corrected chi connectivity index (χ4v) is 1.73. The van der Waals surface area contributed by atoms with Gasteiger partial charge in [0.1, 0.15) is 5.02 Å². The van der Waals surface area contributed by atoms with Crippen molar-refractivity contribution in [3.63, 3.8) is 0 Å². The van der Waals surface area contributed by atoms with Crippen molar-refractivity contribution in [2.24, 2.45) is 0 Å². The molecule has 0 fully saturated rings. The summed E-state index contributed by atoms with van der Waals surface area (Å²) in [5.74, 6) is -0.315. The largest absolute Gasteiger partial charge is 0.383 e. The molecule has 19 heavy (non-hydrogen) atoms. The lowest BCUT2D eigenvalue weighted by molar-refractivity contribution is -0.384. The Morgan fingerprint density at radius 1 is 1.58 bits per heavy atom. The summed E-state index contributed by atoms with van der Waals surface area (Å²) in [6, 6.07) is 3.86. The molecule has 0 aromatic heterocycles. The number of nitro groups is 1. The normalized spacial score (nSPS) is 12.0. The van der Waals surface area contributed by atoms with Gasteiger partial charge in [-0.1, -0.05) is 11.6 Å². The van der Waals surface area contributed by atoms with Crippen molar-refractivity contribution in [3.8, 4) is 0 Å². The molecule has 0 heterocycles. The topological polar surface area (TPSA) is 72.7 Å². The molecule has 0 aliphatic carbocycles. The molecule has 1 atom stereocenters. The Kier molecular flexibility index (Phi) is 5.26. The molecule has 0 bridgehead atoms. The van der Waals surface area contributed by atoms with Crippen molar-refractivity contribution in [2.45, 2.75) is 13.0 Å². The van der Waals surface area contributed by atoms with Crippen LogP contribution in [0.4, 0.5) is 5.69 Å². The number of hydrogen-bond acceptors (Lipinski definition) is 4. The minimum Gasteiger partial charge on any atom is -0.383 e. The zero-order valence-electron chi connectivity index (χ0n) is 10.9. The van der Waals surface area contributed by atoms with E-state index in [0.29, 0.717) is 6.61 Å². The van der Waals surface area contributed by atoms with Crippen molar-refractivity contribution in [1.29, 1.82) is 0 Å². The fraction of sp³-hybridized carbons (Fsp3) is 0.417. The SMILES string of the molecule is COCC(C)N(C)C(=O)c1ccc(Cl)c([N+](=O)[O-])c1. The number of ether oxygens (including phenoxy) is 1. The zero-order chi connectivity index (χ0) is 14.6. The van der Waals surface area contributed by atoms with E-state index >= 15 is 0 Å². The summed E-state index contributed by atoms with van der Waals surface area (Å²) < 4.78 is 4.97. The maximum atomic E-state index is 12.2. The summed E-state index contributed by atoms with van der Waals surface area (Å²) in [4.78, 5) is 23.8. The molecule has 104 valence electrons. The van der Waals surface area contributed by atoms with E-state index in [1.165, 1.54) is 23.1 Å². The average Bonchev–Trinajstić information content (AvgIpc) is 2.37. The second-order valence-electron chi connectivity index (χ2n) is 4.14. The third-order valence-corrected chi connectivity index (χ3v) is 3.10. The molecular weight excluding hydrogens is 272 g/mol. The molecule has 0 spiro atoms. The average molecular weight is 287 g/mol. The molecule has 0 aliphatic rings. The van der Waals surface area contributed by atoms with Gasteiger partial charge in [0.05, 0.1) is 17.6 Å². The van der Waals surface area contributed by atoms with E-state index in [1.54, 1.807) is 14.2 Å². The Morgan fingerprint density at radius 2 is 2.21 bits per heavy atom. The van der Waals surface area contributed by atoms with Crippen LogP contribution >= 0.6 is 11.6 Å².